The normalized spacial score (nSPS) is 20.5. The second-order valence-corrected chi connectivity index (χ2v) is 7.96. The van der Waals surface area contributed by atoms with Gasteiger partial charge in [-0.3, -0.25) is 9.59 Å². The van der Waals surface area contributed by atoms with Crippen molar-refractivity contribution in [1.29, 1.82) is 0 Å². The quantitative estimate of drug-likeness (QED) is 0.840. The smallest absolute Gasteiger partial charge is 0.258 e. The Kier molecular flexibility index (Phi) is 5.58. The third-order valence-electron chi connectivity index (χ3n) is 5.98. The monoisotopic (exact) mass is 390 g/mol. The van der Waals surface area contributed by atoms with Crippen molar-refractivity contribution in [1.82, 2.24) is 20.2 Å². The summed E-state index contributed by atoms with van der Waals surface area (Å²) in [6, 6.07) is 7.37. The van der Waals surface area contributed by atoms with Crippen LogP contribution in [0.4, 0.5) is 0 Å². The molecule has 2 aliphatic rings. The van der Waals surface area contributed by atoms with Crippen LogP contribution in [-0.2, 0) is 11.3 Å². The van der Waals surface area contributed by atoms with Crippen LogP contribution in [0.2, 0.25) is 0 Å². The average molecular weight is 391 g/mol. The molecule has 0 radical (unpaired) electrons. The first kappa shape index (κ1) is 19.8. The maximum atomic E-state index is 13.2. The van der Waals surface area contributed by atoms with Crippen molar-refractivity contribution in [2.45, 2.75) is 45.7 Å². The number of para-hydroxylation sites is 1. The molecule has 1 amide bonds. The van der Waals surface area contributed by atoms with Crippen LogP contribution in [-0.4, -0.2) is 39.9 Å². The second-order valence-electron chi connectivity index (χ2n) is 7.96. The van der Waals surface area contributed by atoms with E-state index in [0.29, 0.717) is 23.3 Å². The highest BCUT2D eigenvalue weighted by Crippen LogP contribution is 2.59. The first-order valence-electron chi connectivity index (χ1n) is 9.49. The molecule has 1 unspecified atom stereocenters. The molecule has 1 aliphatic carbocycles. The SMILES string of the molecule is CC(C)N(Cc1nc2ccccc2c(=O)[nH]1)C(=O)C1CC12CCNCC2.Cl. The zero-order chi connectivity index (χ0) is 18.3. The fourth-order valence-corrected chi connectivity index (χ4v) is 4.26. The number of aromatic nitrogens is 2. The van der Waals surface area contributed by atoms with Gasteiger partial charge in [0.2, 0.25) is 5.91 Å². The Morgan fingerprint density at radius 1 is 1.30 bits per heavy atom. The maximum absolute atomic E-state index is 13.2. The Balaban J connectivity index is 0.00000210. The number of nitrogens with one attached hydrogen (secondary N) is 2. The van der Waals surface area contributed by atoms with Crippen LogP contribution in [0.3, 0.4) is 0 Å². The van der Waals surface area contributed by atoms with E-state index in [4.69, 9.17) is 0 Å². The summed E-state index contributed by atoms with van der Waals surface area (Å²) >= 11 is 0. The zero-order valence-corrected chi connectivity index (χ0v) is 16.6. The Morgan fingerprint density at radius 2 is 2.00 bits per heavy atom. The van der Waals surface area contributed by atoms with Crippen LogP contribution in [0, 0.1) is 11.3 Å². The number of rotatable bonds is 4. The van der Waals surface area contributed by atoms with E-state index in [9.17, 15) is 9.59 Å². The number of amides is 1. The molecular weight excluding hydrogens is 364 g/mol. The summed E-state index contributed by atoms with van der Waals surface area (Å²) in [5.74, 6) is 0.882. The van der Waals surface area contributed by atoms with E-state index < -0.39 is 0 Å². The Labute approximate surface area is 165 Å². The van der Waals surface area contributed by atoms with Crippen LogP contribution < -0.4 is 10.9 Å². The number of carbonyl (C=O) groups excluding carboxylic acids is 1. The second kappa shape index (κ2) is 7.60. The van der Waals surface area contributed by atoms with Gasteiger partial charge >= 0.3 is 0 Å². The van der Waals surface area contributed by atoms with Gasteiger partial charge in [-0.1, -0.05) is 12.1 Å². The molecule has 1 saturated heterocycles. The predicted octanol–water partition coefficient (Wildman–Crippen LogP) is 2.47. The van der Waals surface area contributed by atoms with Crippen LogP contribution >= 0.6 is 12.4 Å². The highest BCUT2D eigenvalue weighted by atomic mass is 35.5. The van der Waals surface area contributed by atoms with Crippen molar-refractivity contribution in [2.24, 2.45) is 11.3 Å². The van der Waals surface area contributed by atoms with Crippen LogP contribution in [0.15, 0.2) is 29.1 Å². The minimum Gasteiger partial charge on any atom is -0.333 e. The molecule has 1 atom stereocenters. The van der Waals surface area contributed by atoms with E-state index in [-0.39, 0.29) is 41.2 Å². The largest absolute Gasteiger partial charge is 0.333 e. The third-order valence-corrected chi connectivity index (χ3v) is 5.98. The van der Waals surface area contributed by atoms with Gasteiger partial charge in [0.05, 0.1) is 17.4 Å². The number of piperidine rings is 1. The van der Waals surface area contributed by atoms with Gasteiger partial charge in [-0.15, -0.1) is 12.4 Å². The standard InChI is InChI=1S/C20H26N4O2.ClH/c1-13(2)24(19(26)15-11-20(15)7-9-21-10-8-20)12-17-22-16-6-4-3-5-14(16)18(25)23-17;/h3-6,13,15,21H,7-12H2,1-2H3,(H,22,23,25);1H. The van der Waals surface area contributed by atoms with E-state index in [1.165, 1.54) is 0 Å². The average Bonchev–Trinajstić information content (AvgIpc) is 3.32. The van der Waals surface area contributed by atoms with Crippen molar-refractivity contribution in [3.8, 4) is 0 Å². The van der Waals surface area contributed by atoms with E-state index in [2.05, 4.69) is 15.3 Å². The first-order chi connectivity index (χ1) is 12.5. The molecular formula is C20H27ClN4O2. The predicted molar refractivity (Wildman–Crippen MR) is 108 cm³/mol. The van der Waals surface area contributed by atoms with Crippen LogP contribution in [0.1, 0.15) is 38.9 Å². The molecule has 2 aromatic rings. The Hall–Kier alpha value is -1.92. The summed E-state index contributed by atoms with van der Waals surface area (Å²) in [5.41, 5.74) is 0.728. The minimum absolute atomic E-state index is 0. The molecule has 7 heteroatoms. The molecule has 0 bridgehead atoms. The Morgan fingerprint density at radius 3 is 2.70 bits per heavy atom. The van der Waals surface area contributed by atoms with E-state index in [1.54, 1.807) is 6.07 Å². The summed E-state index contributed by atoms with van der Waals surface area (Å²) < 4.78 is 0. The highest BCUT2D eigenvalue weighted by molar-refractivity contribution is 5.85. The minimum atomic E-state index is -0.150. The lowest BCUT2D eigenvalue weighted by Gasteiger charge is -2.29. The molecule has 1 saturated carbocycles. The lowest BCUT2D eigenvalue weighted by Crippen LogP contribution is -2.40. The van der Waals surface area contributed by atoms with Crippen LogP contribution in [0.5, 0.6) is 0 Å². The topological polar surface area (TPSA) is 78.1 Å². The number of aromatic amines is 1. The first-order valence-corrected chi connectivity index (χ1v) is 9.49. The molecule has 2 N–H and O–H groups in total. The van der Waals surface area contributed by atoms with Crippen molar-refractivity contribution in [2.75, 3.05) is 13.1 Å². The van der Waals surface area contributed by atoms with Gasteiger partial charge in [-0.25, -0.2) is 4.98 Å². The number of fused-ring (bicyclic) bond motifs is 1. The molecule has 146 valence electrons. The summed E-state index contributed by atoms with van der Waals surface area (Å²) in [5, 5.41) is 3.96. The Bertz CT molecular complexity index is 889. The summed E-state index contributed by atoms with van der Waals surface area (Å²) in [6.07, 6.45) is 3.17. The molecule has 27 heavy (non-hydrogen) atoms. The van der Waals surface area contributed by atoms with Crippen LogP contribution in [0.25, 0.3) is 10.9 Å². The molecule has 2 fully saturated rings. The van der Waals surface area contributed by atoms with E-state index >= 15 is 0 Å². The van der Waals surface area contributed by atoms with Crippen molar-refractivity contribution >= 4 is 29.2 Å². The fourth-order valence-electron chi connectivity index (χ4n) is 4.26. The lowest BCUT2D eigenvalue weighted by molar-refractivity contribution is -0.136. The lowest BCUT2D eigenvalue weighted by atomic mass is 9.91. The number of benzene rings is 1. The molecule has 6 nitrogen and oxygen atoms in total. The van der Waals surface area contributed by atoms with Gasteiger partial charge in [-0.05, 0) is 63.7 Å². The number of halogens is 1. The van der Waals surface area contributed by atoms with Gasteiger partial charge in [0.25, 0.3) is 5.56 Å². The summed E-state index contributed by atoms with van der Waals surface area (Å²) in [6.45, 7) is 6.40. The molecule has 4 rings (SSSR count). The number of carbonyl (C=O) groups is 1. The molecule has 2 heterocycles. The van der Waals surface area contributed by atoms with Crippen molar-refractivity contribution in [3.05, 3.63) is 40.4 Å². The fraction of sp³-hybridized carbons (Fsp3) is 0.550. The van der Waals surface area contributed by atoms with E-state index in [1.807, 2.05) is 36.9 Å². The zero-order valence-electron chi connectivity index (χ0n) is 15.8. The summed E-state index contributed by atoms with van der Waals surface area (Å²) in [7, 11) is 0. The highest BCUT2D eigenvalue weighted by Gasteiger charge is 2.58. The van der Waals surface area contributed by atoms with Gasteiger partial charge in [0.15, 0.2) is 0 Å². The number of H-pyrrole nitrogens is 1. The van der Waals surface area contributed by atoms with Gasteiger partial charge < -0.3 is 15.2 Å². The van der Waals surface area contributed by atoms with E-state index in [0.717, 1.165) is 32.4 Å². The number of hydrogen-bond donors (Lipinski definition) is 2. The molecule has 1 spiro atoms. The maximum Gasteiger partial charge on any atom is 0.258 e. The van der Waals surface area contributed by atoms with Gasteiger partial charge in [-0.2, -0.15) is 0 Å². The van der Waals surface area contributed by atoms with Gasteiger partial charge in [0.1, 0.15) is 5.82 Å². The molecule has 1 aliphatic heterocycles. The molecule has 1 aromatic heterocycles. The third kappa shape index (κ3) is 3.73. The summed E-state index contributed by atoms with van der Waals surface area (Å²) in [4.78, 5) is 34.7. The number of nitrogens with zero attached hydrogens (tertiary/aromatic N) is 2. The van der Waals surface area contributed by atoms with Gasteiger partial charge in [0, 0.05) is 12.0 Å². The number of hydrogen-bond acceptors (Lipinski definition) is 4. The van der Waals surface area contributed by atoms with Crippen molar-refractivity contribution in [3.63, 3.8) is 0 Å². The van der Waals surface area contributed by atoms with Crippen molar-refractivity contribution < 1.29 is 4.79 Å². The molecule has 1 aromatic carbocycles.